The highest BCUT2D eigenvalue weighted by molar-refractivity contribution is 6.31. The SMILES string of the molecule is CCC(=O)c1ccn(Cc2ccccc2Cl)c1. The van der Waals surface area contributed by atoms with E-state index in [1.807, 2.05) is 54.2 Å². The van der Waals surface area contributed by atoms with Crippen molar-refractivity contribution in [2.24, 2.45) is 0 Å². The summed E-state index contributed by atoms with van der Waals surface area (Å²) in [6.45, 7) is 2.56. The molecule has 2 aromatic rings. The van der Waals surface area contributed by atoms with E-state index in [1.165, 1.54) is 0 Å². The summed E-state index contributed by atoms with van der Waals surface area (Å²) in [5, 5.41) is 0.754. The standard InChI is InChI=1S/C14H14ClNO/c1-2-14(17)12-7-8-16(10-12)9-11-5-3-4-6-13(11)15/h3-8,10H,2,9H2,1H3. The highest BCUT2D eigenvalue weighted by Crippen LogP contribution is 2.17. The number of hydrogen-bond donors (Lipinski definition) is 0. The molecule has 88 valence electrons. The van der Waals surface area contributed by atoms with Crippen molar-refractivity contribution >= 4 is 17.4 Å². The van der Waals surface area contributed by atoms with Gasteiger partial charge in [0.25, 0.3) is 0 Å². The monoisotopic (exact) mass is 247 g/mol. The Balaban J connectivity index is 2.17. The van der Waals surface area contributed by atoms with Gasteiger partial charge in [-0.15, -0.1) is 0 Å². The van der Waals surface area contributed by atoms with Crippen molar-refractivity contribution in [3.63, 3.8) is 0 Å². The van der Waals surface area contributed by atoms with Crippen LogP contribution in [0.5, 0.6) is 0 Å². The number of rotatable bonds is 4. The molecule has 0 amide bonds. The van der Waals surface area contributed by atoms with Gasteiger partial charge in [-0.25, -0.2) is 0 Å². The largest absolute Gasteiger partial charge is 0.349 e. The van der Waals surface area contributed by atoms with E-state index in [4.69, 9.17) is 11.6 Å². The summed E-state index contributed by atoms with van der Waals surface area (Å²) in [4.78, 5) is 11.5. The summed E-state index contributed by atoms with van der Waals surface area (Å²) < 4.78 is 1.98. The molecule has 1 aromatic heterocycles. The Labute approximate surface area is 106 Å². The van der Waals surface area contributed by atoms with Gasteiger partial charge in [0, 0.05) is 35.9 Å². The maximum absolute atomic E-state index is 11.5. The number of nitrogens with zero attached hydrogens (tertiary/aromatic N) is 1. The summed E-state index contributed by atoms with van der Waals surface area (Å²) in [7, 11) is 0. The number of carbonyl (C=O) groups excluding carboxylic acids is 1. The summed E-state index contributed by atoms with van der Waals surface area (Å²) in [5.41, 5.74) is 1.82. The smallest absolute Gasteiger partial charge is 0.164 e. The average molecular weight is 248 g/mol. The highest BCUT2D eigenvalue weighted by atomic mass is 35.5. The minimum absolute atomic E-state index is 0.169. The molecule has 0 spiro atoms. The summed E-state index contributed by atoms with van der Waals surface area (Å²) in [6, 6.07) is 9.58. The predicted octanol–water partition coefficient (Wildman–Crippen LogP) is 3.78. The molecule has 3 heteroatoms. The normalized spacial score (nSPS) is 10.5. The molecule has 1 heterocycles. The number of Topliss-reactive ketones (excluding diaryl/α,β-unsaturated/α-hetero) is 1. The van der Waals surface area contributed by atoms with Crippen molar-refractivity contribution in [1.29, 1.82) is 0 Å². The van der Waals surface area contributed by atoms with E-state index in [0.717, 1.165) is 16.1 Å². The van der Waals surface area contributed by atoms with Crippen LogP contribution in [0.4, 0.5) is 0 Å². The quantitative estimate of drug-likeness (QED) is 0.754. The third-order valence-corrected chi connectivity index (χ3v) is 3.07. The van der Waals surface area contributed by atoms with Gasteiger partial charge in [-0.2, -0.15) is 0 Å². The topological polar surface area (TPSA) is 22.0 Å². The molecule has 0 aliphatic heterocycles. The zero-order valence-electron chi connectivity index (χ0n) is 9.69. The molecular weight excluding hydrogens is 234 g/mol. The molecule has 0 saturated heterocycles. The number of halogens is 1. The fraction of sp³-hybridized carbons (Fsp3) is 0.214. The second kappa shape index (κ2) is 5.19. The number of hydrogen-bond acceptors (Lipinski definition) is 1. The van der Waals surface area contributed by atoms with Crippen molar-refractivity contribution in [3.8, 4) is 0 Å². The first-order chi connectivity index (χ1) is 8.20. The lowest BCUT2D eigenvalue weighted by Gasteiger charge is -2.04. The van der Waals surface area contributed by atoms with E-state index < -0.39 is 0 Å². The van der Waals surface area contributed by atoms with E-state index in [-0.39, 0.29) is 5.78 Å². The molecule has 0 aliphatic carbocycles. The van der Waals surface area contributed by atoms with Crippen LogP contribution in [0.15, 0.2) is 42.7 Å². The minimum atomic E-state index is 0.169. The van der Waals surface area contributed by atoms with Crippen LogP contribution in [0.1, 0.15) is 29.3 Å². The molecule has 0 bridgehead atoms. The van der Waals surface area contributed by atoms with Crippen LogP contribution in [-0.4, -0.2) is 10.4 Å². The molecule has 0 aliphatic rings. The molecule has 2 rings (SSSR count). The fourth-order valence-electron chi connectivity index (χ4n) is 1.73. The van der Waals surface area contributed by atoms with Gasteiger partial charge in [0.05, 0.1) is 0 Å². The third-order valence-electron chi connectivity index (χ3n) is 2.70. The van der Waals surface area contributed by atoms with Crippen LogP contribution in [-0.2, 0) is 6.54 Å². The zero-order valence-corrected chi connectivity index (χ0v) is 10.4. The fourth-order valence-corrected chi connectivity index (χ4v) is 1.93. The summed E-state index contributed by atoms with van der Waals surface area (Å²) in [5.74, 6) is 0.169. The van der Waals surface area contributed by atoms with Gasteiger partial charge in [-0.05, 0) is 17.7 Å². The lowest BCUT2D eigenvalue weighted by atomic mass is 10.2. The van der Waals surface area contributed by atoms with Gasteiger partial charge in [0.2, 0.25) is 0 Å². The summed E-state index contributed by atoms with van der Waals surface area (Å²) >= 11 is 6.09. The number of aromatic nitrogens is 1. The van der Waals surface area contributed by atoms with Crippen molar-refractivity contribution < 1.29 is 4.79 Å². The number of carbonyl (C=O) groups is 1. The van der Waals surface area contributed by atoms with Crippen LogP contribution < -0.4 is 0 Å². The molecule has 0 unspecified atom stereocenters. The Hall–Kier alpha value is -1.54. The first-order valence-corrected chi connectivity index (χ1v) is 6.01. The van der Waals surface area contributed by atoms with E-state index in [0.29, 0.717) is 13.0 Å². The van der Waals surface area contributed by atoms with Gasteiger partial charge in [0.15, 0.2) is 5.78 Å². The lowest BCUT2D eigenvalue weighted by Crippen LogP contribution is -1.98. The first kappa shape index (κ1) is 11.9. The highest BCUT2D eigenvalue weighted by Gasteiger charge is 2.06. The Morgan fingerprint density at radius 3 is 2.76 bits per heavy atom. The lowest BCUT2D eigenvalue weighted by molar-refractivity contribution is 0.0988. The van der Waals surface area contributed by atoms with Crippen molar-refractivity contribution in [2.75, 3.05) is 0 Å². The van der Waals surface area contributed by atoms with Gasteiger partial charge < -0.3 is 4.57 Å². The molecular formula is C14H14ClNO. The van der Waals surface area contributed by atoms with Crippen LogP contribution >= 0.6 is 11.6 Å². The van der Waals surface area contributed by atoms with Crippen molar-refractivity contribution in [3.05, 3.63) is 58.9 Å². The van der Waals surface area contributed by atoms with Gasteiger partial charge >= 0.3 is 0 Å². The summed E-state index contributed by atoms with van der Waals surface area (Å²) in [6.07, 6.45) is 4.32. The van der Waals surface area contributed by atoms with Crippen molar-refractivity contribution in [1.82, 2.24) is 4.57 Å². The molecule has 0 radical (unpaired) electrons. The van der Waals surface area contributed by atoms with E-state index in [9.17, 15) is 4.79 Å². The number of ketones is 1. The average Bonchev–Trinajstić information content (AvgIpc) is 2.80. The molecule has 0 saturated carbocycles. The Bertz CT molecular complexity index is 531. The van der Waals surface area contributed by atoms with E-state index in [1.54, 1.807) is 0 Å². The number of benzene rings is 1. The van der Waals surface area contributed by atoms with E-state index >= 15 is 0 Å². The Kier molecular flexibility index (Phi) is 3.64. The Morgan fingerprint density at radius 2 is 2.06 bits per heavy atom. The predicted molar refractivity (Wildman–Crippen MR) is 69.6 cm³/mol. The molecule has 1 aromatic carbocycles. The zero-order chi connectivity index (χ0) is 12.3. The van der Waals surface area contributed by atoms with Gasteiger partial charge in [-0.1, -0.05) is 36.7 Å². The molecule has 0 N–H and O–H groups in total. The van der Waals surface area contributed by atoms with Crippen LogP contribution in [0.25, 0.3) is 0 Å². The van der Waals surface area contributed by atoms with Gasteiger partial charge in [0.1, 0.15) is 0 Å². The first-order valence-electron chi connectivity index (χ1n) is 5.63. The third kappa shape index (κ3) is 2.77. The van der Waals surface area contributed by atoms with Crippen LogP contribution in [0.2, 0.25) is 5.02 Å². The van der Waals surface area contributed by atoms with Gasteiger partial charge in [-0.3, -0.25) is 4.79 Å². The van der Waals surface area contributed by atoms with Crippen molar-refractivity contribution in [2.45, 2.75) is 19.9 Å². The maximum atomic E-state index is 11.5. The minimum Gasteiger partial charge on any atom is -0.349 e. The second-order valence-corrected chi connectivity index (χ2v) is 4.35. The molecule has 17 heavy (non-hydrogen) atoms. The van der Waals surface area contributed by atoms with Crippen LogP contribution in [0, 0.1) is 0 Å². The molecule has 0 atom stereocenters. The molecule has 0 fully saturated rings. The Morgan fingerprint density at radius 1 is 1.29 bits per heavy atom. The maximum Gasteiger partial charge on any atom is 0.164 e. The second-order valence-electron chi connectivity index (χ2n) is 3.94. The molecule has 2 nitrogen and oxygen atoms in total. The van der Waals surface area contributed by atoms with Crippen LogP contribution in [0.3, 0.4) is 0 Å². The van der Waals surface area contributed by atoms with E-state index in [2.05, 4.69) is 0 Å².